The van der Waals surface area contributed by atoms with Gasteiger partial charge in [0.1, 0.15) is 0 Å². The van der Waals surface area contributed by atoms with Crippen molar-refractivity contribution in [2.45, 2.75) is 26.3 Å². The second kappa shape index (κ2) is 7.94. The van der Waals surface area contributed by atoms with Gasteiger partial charge in [-0.2, -0.15) is 0 Å². The number of pyridine rings is 1. The summed E-state index contributed by atoms with van der Waals surface area (Å²) >= 11 is 0. The summed E-state index contributed by atoms with van der Waals surface area (Å²) in [5, 5.41) is 5.92. The first-order valence-corrected chi connectivity index (χ1v) is 7.02. The average molecular weight is 285 g/mol. The zero-order valence-electron chi connectivity index (χ0n) is 12.0. The van der Waals surface area contributed by atoms with E-state index in [9.17, 15) is 4.79 Å². The van der Waals surface area contributed by atoms with Crippen molar-refractivity contribution in [2.24, 2.45) is 0 Å². The summed E-state index contributed by atoms with van der Waals surface area (Å²) in [5.41, 5.74) is 1.39. The van der Waals surface area contributed by atoms with Crippen LogP contribution in [0.1, 0.15) is 35.7 Å². The Morgan fingerprint density at radius 2 is 2.05 bits per heavy atom. The summed E-state index contributed by atoms with van der Waals surface area (Å²) in [6.45, 7) is 3.39. The lowest BCUT2D eigenvalue weighted by Crippen LogP contribution is -2.23. The smallest absolute Gasteiger partial charge is 0.254 e. The van der Waals surface area contributed by atoms with Crippen LogP contribution < -0.4 is 10.6 Å². The molecule has 0 unspecified atom stereocenters. The van der Waals surface area contributed by atoms with E-state index in [0.717, 1.165) is 24.9 Å². The van der Waals surface area contributed by atoms with Crippen LogP contribution in [0.4, 0.5) is 5.95 Å². The third kappa shape index (κ3) is 4.83. The molecule has 2 aromatic rings. The number of nitrogens with zero attached hydrogens (tertiary/aromatic N) is 3. The van der Waals surface area contributed by atoms with Gasteiger partial charge < -0.3 is 10.6 Å². The predicted molar refractivity (Wildman–Crippen MR) is 80.8 cm³/mol. The molecule has 6 nitrogen and oxygen atoms in total. The second-order valence-electron chi connectivity index (χ2n) is 4.62. The maximum absolute atomic E-state index is 12.0. The molecule has 2 N–H and O–H groups in total. The lowest BCUT2D eigenvalue weighted by Gasteiger charge is -2.06. The maximum atomic E-state index is 12.0. The maximum Gasteiger partial charge on any atom is 0.254 e. The summed E-state index contributed by atoms with van der Waals surface area (Å²) < 4.78 is 0. The SMILES string of the molecule is CCCCNc1ncc(C(=O)NCc2cccnc2)cn1. The number of hydrogen-bond donors (Lipinski definition) is 2. The molecule has 0 spiro atoms. The Morgan fingerprint density at radius 3 is 2.71 bits per heavy atom. The van der Waals surface area contributed by atoms with E-state index in [0.29, 0.717) is 18.1 Å². The van der Waals surface area contributed by atoms with Gasteiger partial charge in [-0.05, 0) is 18.1 Å². The molecule has 0 saturated carbocycles. The van der Waals surface area contributed by atoms with Crippen molar-refractivity contribution in [1.29, 1.82) is 0 Å². The lowest BCUT2D eigenvalue weighted by molar-refractivity contribution is 0.0950. The number of amides is 1. The van der Waals surface area contributed by atoms with Gasteiger partial charge in [0.15, 0.2) is 0 Å². The first-order chi connectivity index (χ1) is 10.3. The highest BCUT2D eigenvalue weighted by atomic mass is 16.1. The number of carbonyl (C=O) groups is 1. The molecule has 2 aromatic heterocycles. The van der Waals surface area contributed by atoms with Gasteiger partial charge in [0.05, 0.1) is 5.56 Å². The predicted octanol–water partition coefficient (Wildman–Crippen LogP) is 2.01. The topological polar surface area (TPSA) is 79.8 Å². The van der Waals surface area contributed by atoms with Gasteiger partial charge in [-0.3, -0.25) is 9.78 Å². The molecule has 0 saturated heterocycles. The highest BCUT2D eigenvalue weighted by molar-refractivity contribution is 5.93. The largest absolute Gasteiger partial charge is 0.354 e. The molecule has 6 heteroatoms. The number of carbonyl (C=O) groups excluding carboxylic acids is 1. The van der Waals surface area contributed by atoms with Crippen LogP contribution in [0, 0.1) is 0 Å². The van der Waals surface area contributed by atoms with Crippen LogP contribution in [0.15, 0.2) is 36.9 Å². The van der Waals surface area contributed by atoms with Crippen LogP contribution in [0.5, 0.6) is 0 Å². The Bertz CT molecular complexity index is 556. The molecule has 2 rings (SSSR count). The molecule has 0 aliphatic heterocycles. The molecule has 0 aliphatic rings. The van der Waals surface area contributed by atoms with Gasteiger partial charge in [-0.25, -0.2) is 9.97 Å². The number of hydrogen-bond acceptors (Lipinski definition) is 5. The normalized spacial score (nSPS) is 10.1. The molecule has 0 aliphatic carbocycles. The first kappa shape index (κ1) is 14.9. The third-order valence-electron chi connectivity index (χ3n) is 2.90. The molecule has 0 radical (unpaired) electrons. The molecule has 0 aromatic carbocycles. The number of rotatable bonds is 7. The quantitative estimate of drug-likeness (QED) is 0.761. The lowest BCUT2D eigenvalue weighted by atomic mass is 10.2. The number of aromatic nitrogens is 3. The van der Waals surface area contributed by atoms with Crippen molar-refractivity contribution in [2.75, 3.05) is 11.9 Å². The van der Waals surface area contributed by atoms with Crippen molar-refractivity contribution >= 4 is 11.9 Å². The van der Waals surface area contributed by atoms with Gasteiger partial charge in [-0.1, -0.05) is 19.4 Å². The summed E-state index contributed by atoms with van der Waals surface area (Å²) in [6, 6.07) is 3.74. The highest BCUT2D eigenvalue weighted by Crippen LogP contribution is 2.02. The Hall–Kier alpha value is -2.50. The Kier molecular flexibility index (Phi) is 5.63. The number of anilines is 1. The van der Waals surface area contributed by atoms with E-state index in [1.54, 1.807) is 12.4 Å². The molecule has 0 bridgehead atoms. The molecular weight excluding hydrogens is 266 g/mol. The third-order valence-corrected chi connectivity index (χ3v) is 2.90. The second-order valence-corrected chi connectivity index (χ2v) is 4.62. The zero-order chi connectivity index (χ0) is 14.9. The standard InChI is InChI=1S/C15H19N5O/c1-2-3-7-17-15-19-10-13(11-20-15)14(21)18-9-12-5-4-6-16-8-12/h4-6,8,10-11H,2-3,7,9H2,1H3,(H,18,21)(H,17,19,20). The van der Waals surface area contributed by atoms with Crippen LogP contribution in [0.3, 0.4) is 0 Å². The van der Waals surface area contributed by atoms with E-state index in [2.05, 4.69) is 32.5 Å². The number of nitrogens with one attached hydrogen (secondary N) is 2. The molecule has 110 valence electrons. The van der Waals surface area contributed by atoms with E-state index < -0.39 is 0 Å². The molecule has 2 heterocycles. The molecule has 0 fully saturated rings. The van der Waals surface area contributed by atoms with E-state index in [1.165, 1.54) is 12.4 Å². The minimum atomic E-state index is -0.195. The van der Waals surface area contributed by atoms with Crippen LogP contribution >= 0.6 is 0 Å². The van der Waals surface area contributed by atoms with E-state index in [1.807, 2.05) is 12.1 Å². The fourth-order valence-electron chi connectivity index (χ4n) is 1.70. The molecular formula is C15H19N5O. The van der Waals surface area contributed by atoms with Gasteiger partial charge in [-0.15, -0.1) is 0 Å². The van der Waals surface area contributed by atoms with Crippen molar-refractivity contribution in [3.8, 4) is 0 Å². The van der Waals surface area contributed by atoms with Gasteiger partial charge in [0.25, 0.3) is 5.91 Å². The van der Waals surface area contributed by atoms with Crippen molar-refractivity contribution in [3.05, 3.63) is 48.0 Å². The summed E-state index contributed by atoms with van der Waals surface area (Å²) in [6.07, 6.45) is 8.65. The average Bonchev–Trinajstić information content (AvgIpc) is 2.54. The minimum absolute atomic E-state index is 0.195. The van der Waals surface area contributed by atoms with Crippen LogP contribution in [0.25, 0.3) is 0 Å². The van der Waals surface area contributed by atoms with E-state index in [-0.39, 0.29) is 5.91 Å². The summed E-state index contributed by atoms with van der Waals surface area (Å²) in [4.78, 5) is 24.2. The summed E-state index contributed by atoms with van der Waals surface area (Å²) in [7, 11) is 0. The van der Waals surface area contributed by atoms with Crippen LogP contribution in [0.2, 0.25) is 0 Å². The van der Waals surface area contributed by atoms with Crippen molar-refractivity contribution in [3.63, 3.8) is 0 Å². The van der Waals surface area contributed by atoms with Crippen LogP contribution in [-0.4, -0.2) is 27.4 Å². The fourth-order valence-corrected chi connectivity index (χ4v) is 1.70. The monoisotopic (exact) mass is 285 g/mol. The highest BCUT2D eigenvalue weighted by Gasteiger charge is 2.06. The van der Waals surface area contributed by atoms with Crippen LogP contribution in [-0.2, 0) is 6.54 Å². The first-order valence-electron chi connectivity index (χ1n) is 7.02. The van der Waals surface area contributed by atoms with Crippen molar-refractivity contribution < 1.29 is 4.79 Å². The Labute approximate surface area is 124 Å². The minimum Gasteiger partial charge on any atom is -0.354 e. The Balaban J connectivity index is 1.85. The van der Waals surface area contributed by atoms with E-state index >= 15 is 0 Å². The number of unbranched alkanes of at least 4 members (excludes halogenated alkanes) is 1. The van der Waals surface area contributed by atoms with Gasteiger partial charge >= 0.3 is 0 Å². The summed E-state index contributed by atoms with van der Waals surface area (Å²) in [5.74, 6) is 0.353. The molecule has 0 atom stereocenters. The molecule has 21 heavy (non-hydrogen) atoms. The van der Waals surface area contributed by atoms with E-state index in [4.69, 9.17) is 0 Å². The Morgan fingerprint density at radius 1 is 1.24 bits per heavy atom. The zero-order valence-corrected chi connectivity index (χ0v) is 12.0. The fraction of sp³-hybridized carbons (Fsp3) is 0.333. The molecule has 1 amide bonds. The van der Waals surface area contributed by atoms with Gasteiger partial charge in [0, 0.05) is 37.9 Å². The van der Waals surface area contributed by atoms with Gasteiger partial charge in [0.2, 0.25) is 5.95 Å². The van der Waals surface area contributed by atoms with Crippen molar-refractivity contribution in [1.82, 2.24) is 20.3 Å².